The molecule has 0 aliphatic rings. The molecular weight excluding hydrogens is 72.1 g/mol. The number of hydrogen-bond acceptors (Lipinski definition) is 1. The van der Waals surface area contributed by atoms with E-state index in [1.54, 1.807) is 0 Å². The van der Waals surface area contributed by atoms with Crippen molar-refractivity contribution in [2.75, 3.05) is 5.75 Å². The summed E-state index contributed by atoms with van der Waals surface area (Å²) in [4.78, 5) is 0. The Hall–Kier alpha value is 0.0200. The van der Waals surface area contributed by atoms with Crippen molar-refractivity contribution >= 4 is 11.7 Å². The van der Waals surface area contributed by atoms with Crippen LogP contribution < -0.4 is 0 Å². The van der Waals surface area contributed by atoms with Crippen molar-refractivity contribution in [2.24, 2.45) is 0 Å². The third kappa shape index (κ3) is 2.02. The lowest BCUT2D eigenvalue weighted by Gasteiger charge is -1.29. The van der Waals surface area contributed by atoms with E-state index in [2.05, 4.69) is 0 Å². The molecule has 0 fully saturated rings. The van der Waals surface area contributed by atoms with Gasteiger partial charge in [-0.25, -0.2) is 0 Å². The average molecular weight is 77.1 g/mol. The first-order chi connectivity index (χ1) is 1.91. The van der Waals surface area contributed by atoms with Gasteiger partial charge in [0, 0.05) is 4.21 Å². The quantitative estimate of drug-likeness (QED) is 0.415. The van der Waals surface area contributed by atoms with E-state index >= 15 is 0 Å². The first kappa shape index (κ1) is 4.02. The zero-order chi connectivity index (χ0) is 3.41. The van der Waals surface area contributed by atoms with Crippen LogP contribution in [-0.4, -0.2) is 5.75 Å². The van der Waals surface area contributed by atoms with Crippen LogP contribution in [0.15, 0.2) is 0 Å². The zero-order valence-electron chi connectivity index (χ0n) is 2.52. The fourth-order valence-electron chi connectivity index (χ4n) is 0. The number of hydrogen-bond donors (Lipinski definition) is 0. The smallest absolute Gasteiger partial charge is 0.00571 e. The summed E-state index contributed by atoms with van der Waals surface area (Å²) in [5, 5.41) is 0. The van der Waals surface area contributed by atoms with E-state index in [4.69, 9.17) is 0 Å². The van der Waals surface area contributed by atoms with Crippen molar-refractivity contribution < 1.29 is 4.21 Å². The van der Waals surface area contributed by atoms with Crippen molar-refractivity contribution in [3.63, 3.8) is 0 Å². The second kappa shape index (κ2) is 3.02. The van der Waals surface area contributed by atoms with E-state index in [0.717, 1.165) is 0 Å². The highest BCUT2D eigenvalue weighted by molar-refractivity contribution is 7.65. The van der Waals surface area contributed by atoms with Gasteiger partial charge in [-0.3, -0.25) is 0 Å². The third-order valence-electron chi connectivity index (χ3n) is 0.118. The Morgan fingerprint density at radius 1 is 2.00 bits per heavy atom. The van der Waals surface area contributed by atoms with Crippen LogP contribution in [0.1, 0.15) is 6.92 Å². The summed E-state index contributed by atoms with van der Waals surface area (Å²) in [7, 11) is 0. The fraction of sp³-hybridized carbons (Fsp3) is 1.00. The zero-order valence-corrected chi connectivity index (χ0v) is 3.34. The maximum atomic E-state index is 9.22. The van der Waals surface area contributed by atoms with Crippen molar-refractivity contribution in [1.29, 1.82) is 0 Å². The molecule has 0 N–H and O–H groups in total. The van der Waals surface area contributed by atoms with Gasteiger partial charge in [-0.05, 0) is 6.92 Å². The van der Waals surface area contributed by atoms with Crippen LogP contribution in [-0.2, 0) is 15.9 Å². The Kier molecular flexibility index (Phi) is 3.04. The molecule has 0 bridgehead atoms. The molecule has 0 saturated heterocycles. The summed E-state index contributed by atoms with van der Waals surface area (Å²) in [6, 6.07) is 0. The second-order valence-electron chi connectivity index (χ2n) is 0.407. The molecule has 4 heavy (non-hydrogen) atoms. The van der Waals surface area contributed by atoms with Gasteiger partial charge >= 0.3 is 11.7 Å². The Morgan fingerprint density at radius 2 is 2.25 bits per heavy atom. The molecule has 0 amide bonds. The van der Waals surface area contributed by atoms with Crippen LogP contribution in [0.3, 0.4) is 0 Å². The summed E-state index contributed by atoms with van der Waals surface area (Å²) in [6.45, 7) is 1.83. The van der Waals surface area contributed by atoms with Gasteiger partial charge in [0.2, 0.25) is 5.75 Å². The topological polar surface area (TPSA) is 17.1 Å². The highest BCUT2D eigenvalue weighted by Crippen LogP contribution is 1.45. The molecule has 0 aliphatic carbocycles. The molecule has 0 heterocycles. The lowest BCUT2D eigenvalue weighted by molar-refractivity contribution is 0.605. The van der Waals surface area contributed by atoms with Crippen molar-refractivity contribution in [1.82, 2.24) is 0 Å². The molecule has 1 nitrogen and oxygen atoms in total. The van der Waals surface area contributed by atoms with E-state index in [1.165, 1.54) is 0 Å². The Balaban J connectivity index is 2.30. The molecule has 0 unspecified atom stereocenters. The molecule has 0 aromatic carbocycles. The van der Waals surface area contributed by atoms with E-state index in [1.807, 2.05) is 6.92 Å². The predicted octanol–water partition coefficient (Wildman–Crippen LogP) is 0.434. The van der Waals surface area contributed by atoms with Gasteiger partial charge in [0.1, 0.15) is 0 Å². The van der Waals surface area contributed by atoms with E-state index < -0.39 is 0 Å². The molecule has 0 aliphatic heterocycles. The molecule has 2 heteroatoms. The van der Waals surface area contributed by atoms with Gasteiger partial charge in [0.05, 0.1) is 0 Å². The lowest BCUT2D eigenvalue weighted by Crippen LogP contribution is -1.59. The summed E-state index contributed by atoms with van der Waals surface area (Å²) in [5.74, 6) is 0.681. The van der Waals surface area contributed by atoms with Crippen LogP contribution in [0, 0.1) is 0 Å². The van der Waals surface area contributed by atoms with Gasteiger partial charge < -0.3 is 0 Å². The molecule has 0 rings (SSSR count). The van der Waals surface area contributed by atoms with Crippen LogP contribution in [0.5, 0.6) is 0 Å². The fourth-order valence-corrected chi connectivity index (χ4v) is 0. The predicted molar refractivity (Wildman–Crippen MR) is 18.6 cm³/mol. The molecular formula is C2H5OS+. The SMILES string of the molecule is CC[S+]=O. The minimum Gasteiger partial charge on any atom is -0.00571 e. The van der Waals surface area contributed by atoms with Crippen molar-refractivity contribution in [3.8, 4) is 0 Å². The molecule has 0 radical (unpaired) electrons. The Bertz CT molecular complexity index is 20.0. The van der Waals surface area contributed by atoms with Gasteiger partial charge in [0.25, 0.3) is 0 Å². The van der Waals surface area contributed by atoms with Gasteiger partial charge in [-0.1, -0.05) is 0 Å². The summed E-state index contributed by atoms with van der Waals surface area (Å²) in [6.07, 6.45) is 0. The van der Waals surface area contributed by atoms with Crippen LogP contribution in [0.2, 0.25) is 0 Å². The molecule has 24 valence electrons. The lowest BCUT2D eigenvalue weighted by atomic mass is 11.0. The maximum absolute atomic E-state index is 9.22. The number of rotatable bonds is 1. The van der Waals surface area contributed by atoms with Gasteiger partial charge in [0.15, 0.2) is 0 Å². The Morgan fingerprint density at radius 3 is 2.25 bits per heavy atom. The summed E-state index contributed by atoms with van der Waals surface area (Å²) < 4.78 is 9.22. The molecule has 0 aromatic rings. The van der Waals surface area contributed by atoms with E-state index in [9.17, 15) is 4.21 Å². The maximum Gasteiger partial charge on any atom is 0.458 e. The minimum atomic E-state index is 0.606. The molecule has 0 saturated carbocycles. The van der Waals surface area contributed by atoms with Crippen LogP contribution >= 0.6 is 0 Å². The average Bonchev–Trinajstić information content (AvgIpc) is 1.37. The third-order valence-corrected chi connectivity index (χ3v) is 0.354. The highest BCUT2D eigenvalue weighted by atomic mass is 32.1. The molecule has 0 atom stereocenters. The second-order valence-corrected chi connectivity index (χ2v) is 1.22. The minimum absolute atomic E-state index is 0.606. The normalized spacial score (nSPS) is 6.25. The van der Waals surface area contributed by atoms with Gasteiger partial charge in [-0.2, -0.15) is 0 Å². The monoisotopic (exact) mass is 77.0 g/mol. The summed E-state index contributed by atoms with van der Waals surface area (Å²) >= 11 is 0.606. The van der Waals surface area contributed by atoms with Crippen molar-refractivity contribution in [2.45, 2.75) is 6.92 Å². The molecule has 0 aromatic heterocycles. The van der Waals surface area contributed by atoms with Crippen LogP contribution in [0.4, 0.5) is 0 Å². The van der Waals surface area contributed by atoms with Crippen LogP contribution in [0.25, 0.3) is 0 Å². The van der Waals surface area contributed by atoms with E-state index in [0.29, 0.717) is 17.4 Å². The molecule has 0 spiro atoms. The Labute approximate surface area is 29.5 Å². The standard InChI is InChI=1S/C2H5OS/c1-2-4-3/h2H2,1H3/q+1. The largest absolute Gasteiger partial charge is 0.458 e. The van der Waals surface area contributed by atoms with Crippen molar-refractivity contribution in [3.05, 3.63) is 0 Å². The highest BCUT2D eigenvalue weighted by Gasteiger charge is 1.77. The van der Waals surface area contributed by atoms with E-state index in [-0.39, 0.29) is 0 Å². The first-order valence-electron chi connectivity index (χ1n) is 1.16. The first-order valence-corrected chi connectivity index (χ1v) is 2.07. The summed E-state index contributed by atoms with van der Waals surface area (Å²) in [5.41, 5.74) is 0. The van der Waals surface area contributed by atoms with Gasteiger partial charge in [-0.15, -0.1) is 0 Å².